The van der Waals surface area contributed by atoms with Gasteiger partial charge >= 0.3 is 0 Å². The number of benzene rings is 6. The molecule has 3 heterocycles. The van der Waals surface area contributed by atoms with E-state index in [-0.39, 0.29) is 5.41 Å². The van der Waals surface area contributed by atoms with Crippen LogP contribution in [0.3, 0.4) is 0 Å². The standard InChI is InChI=1S/C44H30N2O/c1-44(2)36-25-39-34(23-32(36)33-24-35-31-19-9-11-21-40(31)47-41(35)26-37(33)44)30-18-8-10-20-38(30)46(39)42-22-12-16-27-13-6-7-17-29(27)43(45-42)28-14-4-3-5-15-28/h3-15,17-21,23-26H,16H2,1-2H3. The number of rotatable bonds is 2. The van der Waals surface area contributed by atoms with E-state index in [2.05, 4.69) is 152 Å². The second kappa shape index (κ2) is 9.56. The molecule has 2 aromatic heterocycles. The lowest BCUT2D eigenvalue weighted by molar-refractivity contribution is 0.647. The number of allylic oxidation sites excluding steroid dienone is 1. The first kappa shape index (κ1) is 26.3. The fraction of sp³-hybridized carbons (Fsp3) is 0.0909. The summed E-state index contributed by atoms with van der Waals surface area (Å²) < 4.78 is 8.66. The normalized spacial score (nSPS) is 14.9. The maximum atomic E-state index is 6.35. The molecule has 0 atom stereocenters. The van der Waals surface area contributed by atoms with Crippen LogP contribution in [-0.4, -0.2) is 10.3 Å². The number of hydrogen-bond donors (Lipinski definition) is 0. The molecule has 0 fully saturated rings. The van der Waals surface area contributed by atoms with Crippen molar-refractivity contribution in [1.29, 1.82) is 0 Å². The van der Waals surface area contributed by atoms with E-state index in [0.29, 0.717) is 0 Å². The Balaban J connectivity index is 1.26. The van der Waals surface area contributed by atoms with Crippen LogP contribution in [0.5, 0.6) is 0 Å². The molecule has 3 nitrogen and oxygen atoms in total. The monoisotopic (exact) mass is 602 g/mol. The molecule has 2 aliphatic rings. The van der Waals surface area contributed by atoms with Gasteiger partial charge in [0.25, 0.3) is 0 Å². The van der Waals surface area contributed by atoms with Crippen LogP contribution in [0.2, 0.25) is 0 Å². The summed E-state index contributed by atoms with van der Waals surface area (Å²) in [6, 6.07) is 45.6. The van der Waals surface area contributed by atoms with Crippen LogP contribution in [0.15, 0.2) is 149 Å². The summed E-state index contributed by atoms with van der Waals surface area (Å²) in [6.45, 7) is 4.67. The van der Waals surface area contributed by atoms with E-state index < -0.39 is 0 Å². The lowest BCUT2D eigenvalue weighted by atomic mass is 9.82. The average Bonchev–Trinajstić information content (AvgIpc) is 3.69. The Morgan fingerprint density at radius 3 is 2.19 bits per heavy atom. The minimum atomic E-state index is -0.212. The third kappa shape index (κ3) is 3.72. The molecule has 222 valence electrons. The molecule has 0 bridgehead atoms. The molecular formula is C44H30N2O. The van der Waals surface area contributed by atoms with Crippen molar-refractivity contribution < 1.29 is 4.42 Å². The van der Waals surface area contributed by atoms with Gasteiger partial charge in [-0.2, -0.15) is 0 Å². The lowest BCUT2D eigenvalue weighted by Crippen LogP contribution is -2.15. The Kier molecular flexibility index (Phi) is 5.36. The molecule has 6 aromatic carbocycles. The van der Waals surface area contributed by atoms with Gasteiger partial charge in [0, 0.05) is 38.1 Å². The zero-order valence-corrected chi connectivity index (χ0v) is 26.2. The summed E-state index contributed by atoms with van der Waals surface area (Å²) in [5.74, 6) is 0.793. The Morgan fingerprint density at radius 1 is 0.617 bits per heavy atom. The molecule has 3 heteroatoms. The van der Waals surface area contributed by atoms with Gasteiger partial charge in [-0.3, -0.25) is 4.57 Å². The molecule has 0 radical (unpaired) electrons. The smallest absolute Gasteiger partial charge is 0.182 e. The molecule has 0 saturated heterocycles. The summed E-state index contributed by atoms with van der Waals surface area (Å²) in [6.07, 6.45) is 2.92. The average molecular weight is 603 g/mol. The Hall–Kier alpha value is -5.89. The first-order valence-corrected chi connectivity index (χ1v) is 16.3. The van der Waals surface area contributed by atoms with Gasteiger partial charge in [0.15, 0.2) is 5.82 Å². The number of nitrogens with zero attached hydrogens (tertiary/aromatic N) is 2. The fourth-order valence-electron chi connectivity index (χ4n) is 7.95. The van der Waals surface area contributed by atoms with Crippen molar-refractivity contribution in [2.24, 2.45) is 4.99 Å². The predicted octanol–water partition coefficient (Wildman–Crippen LogP) is 11.0. The van der Waals surface area contributed by atoms with Gasteiger partial charge in [-0.25, -0.2) is 4.99 Å². The third-order valence-corrected chi connectivity index (χ3v) is 10.3. The SMILES string of the molecule is CC1(C)c2cc3oc4ccccc4c3cc2-c2cc3c4ccccc4n(C4=C=CCc5ccccc5C(c5ccccc5)=N4)c3cc21. The molecule has 0 N–H and O–H groups in total. The van der Waals surface area contributed by atoms with Crippen molar-refractivity contribution in [2.45, 2.75) is 25.7 Å². The topological polar surface area (TPSA) is 30.4 Å². The first-order valence-electron chi connectivity index (χ1n) is 16.3. The van der Waals surface area contributed by atoms with E-state index in [1.165, 1.54) is 44.0 Å². The van der Waals surface area contributed by atoms with Crippen molar-refractivity contribution in [1.82, 2.24) is 4.57 Å². The van der Waals surface area contributed by atoms with Crippen molar-refractivity contribution >= 4 is 55.3 Å². The maximum absolute atomic E-state index is 6.35. The molecule has 10 rings (SSSR count). The predicted molar refractivity (Wildman–Crippen MR) is 194 cm³/mol. The van der Waals surface area contributed by atoms with Crippen LogP contribution in [0, 0.1) is 0 Å². The van der Waals surface area contributed by atoms with E-state index in [0.717, 1.165) is 56.7 Å². The highest BCUT2D eigenvalue weighted by atomic mass is 16.3. The van der Waals surface area contributed by atoms with E-state index in [9.17, 15) is 0 Å². The van der Waals surface area contributed by atoms with Gasteiger partial charge in [0.1, 0.15) is 11.2 Å². The van der Waals surface area contributed by atoms with E-state index in [1.807, 2.05) is 6.07 Å². The van der Waals surface area contributed by atoms with Crippen molar-refractivity contribution in [3.05, 3.63) is 167 Å². The van der Waals surface area contributed by atoms with Gasteiger partial charge in [-0.05, 0) is 76.7 Å². The van der Waals surface area contributed by atoms with Gasteiger partial charge in [-0.1, -0.05) is 111 Å². The number of fused-ring (bicyclic) bond motifs is 10. The van der Waals surface area contributed by atoms with Crippen LogP contribution < -0.4 is 0 Å². The Labute approximate surface area is 272 Å². The van der Waals surface area contributed by atoms with E-state index in [1.54, 1.807) is 0 Å². The van der Waals surface area contributed by atoms with Gasteiger partial charge in [-0.15, -0.1) is 0 Å². The maximum Gasteiger partial charge on any atom is 0.182 e. The molecule has 8 aromatic rings. The highest BCUT2D eigenvalue weighted by molar-refractivity contribution is 6.17. The second-order valence-electron chi connectivity index (χ2n) is 13.2. The lowest BCUT2D eigenvalue weighted by Gasteiger charge is -2.22. The molecule has 0 saturated carbocycles. The highest BCUT2D eigenvalue weighted by Crippen LogP contribution is 2.52. The van der Waals surface area contributed by atoms with Crippen LogP contribution in [0.4, 0.5) is 0 Å². The first-order chi connectivity index (χ1) is 23.1. The third-order valence-electron chi connectivity index (χ3n) is 10.3. The summed E-state index contributed by atoms with van der Waals surface area (Å²) >= 11 is 0. The van der Waals surface area contributed by atoms with Gasteiger partial charge in [0.05, 0.1) is 16.7 Å². The minimum absolute atomic E-state index is 0.212. The van der Waals surface area contributed by atoms with E-state index in [4.69, 9.17) is 9.41 Å². The second-order valence-corrected chi connectivity index (χ2v) is 13.2. The molecule has 1 aliphatic heterocycles. The van der Waals surface area contributed by atoms with Gasteiger partial charge < -0.3 is 4.42 Å². The summed E-state index contributed by atoms with van der Waals surface area (Å²) in [5.41, 5.74) is 17.2. The van der Waals surface area contributed by atoms with Crippen LogP contribution in [-0.2, 0) is 11.8 Å². The number of hydrogen-bond acceptors (Lipinski definition) is 2. The van der Waals surface area contributed by atoms with Crippen LogP contribution >= 0.6 is 0 Å². The summed E-state index contributed by atoms with van der Waals surface area (Å²) in [5, 5.41) is 4.75. The number of aromatic nitrogens is 1. The molecule has 1 aliphatic carbocycles. The summed E-state index contributed by atoms with van der Waals surface area (Å²) in [4.78, 5) is 5.46. The molecule has 0 amide bonds. The summed E-state index contributed by atoms with van der Waals surface area (Å²) in [7, 11) is 0. The number of aliphatic imine (C=N–C) groups is 1. The van der Waals surface area contributed by atoms with E-state index >= 15 is 0 Å². The molecule has 0 unspecified atom stereocenters. The minimum Gasteiger partial charge on any atom is -0.456 e. The molecule has 47 heavy (non-hydrogen) atoms. The zero-order valence-electron chi connectivity index (χ0n) is 26.2. The molecule has 0 spiro atoms. The van der Waals surface area contributed by atoms with Crippen molar-refractivity contribution in [3.63, 3.8) is 0 Å². The molecular weight excluding hydrogens is 572 g/mol. The van der Waals surface area contributed by atoms with Crippen LogP contribution in [0.1, 0.15) is 41.7 Å². The van der Waals surface area contributed by atoms with Crippen molar-refractivity contribution in [2.75, 3.05) is 0 Å². The number of para-hydroxylation sites is 2. The fourth-order valence-corrected chi connectivity index (χ4v) is 7.95. The highest BCUT2D eigenvalue weighted by Gasteiger charge is 2.37. The largest absolute Gasteiger partial charge is 0.456 e. The van der Waals surface area contributed by atoms with Crippen LogP contribution in [0.25, 0.3) is 60.7 Å². The zero-order chi connectivity index (χ0) is 31.3. The Bertz CT molecular complexity index is 2710. The quantitative estimate of drug-likeness (QED) is 0.181. The number of furan rings is 1. The van der Waals surface area contributed by atoms with Gasteiger partial charge in [0.2, 0.25) is 0 Å². The Morgan fingerprint density at radius 2 is 1.32 bits per heavy atom. The van der Waals surface area contributed by atoms with Crippen molar-refractivity contribution in [3.8, 4) is 11.1 Å².